The van der Waals surface area contributed by atoms with Crippen LogP contribution in [0.3, 0.4) is 0 Å². The Kier molecular flexibility index (Phi) is 2.62. The van der Waals surface area contributed by atoms with E-state index in [0.29, 0.717) is 5.52 Å². The summed E-state index contributed by atoms with van der Waals surface area (Å²) in [4.78, 5) is 11.8. The van der Waals surface area contributed by atoms with Gasteiger partial charge in [0.1, 0.15) is 17.9 Å². The average Bonchev–Trinajstić information content (AvgIpc) is 2.96. The first kappa shape index (κ1) is 12.2. The summed E-state index contributed by atoms with van der Waals surface area (Å²) in [6.45, 7) is -0.939. The second-order valence-electron chi connectivity index (χ2n) is 4.32. The molecule has 1 unspecified atom stereocenters. The van der Waals surface area contributed by atoms with Crippen molar-refractivity contribution >= 4 is 17.0 Å². The highest BCUT2D eigenvalue weighted by Crippen LogP contribution is 2.35. The van der Waals surface area contributed by atoms with Crippen LogP contribution in [0.2, 0.25) is 0 Å². The first-order valence-electron chi connectivity index (χ1n) is 5.61. The summed E-state index contributed by atoms with van der Waals surface area (Å²) in [6.07, 6.45) is -0.614. The molecule has 3 heterocycles. The van der Waals surface area contributed by atoms with Crippen LogP contribution in [0.1, 0.15) is 0 Å². The SMILES string of the molecule is Nc1ncnc2c1ncn2C1(CO)OC[C@@H](F)[C@@H]1O. The molecule has 0 bridgehead atoms. The number of aromatic nitrogens is 4. The molecule has 1 saturated heterocycles. The number of aliphatic hydroxyl groups excluding tert-OH is 2. The Bertz CT molecular complexity index is 620. The molecule has 19 heavy (non-hydrogen) atoms. The van der Waals surface area contributed by atoms with Crippen LogP contribution in [0.5, 0.6) is 0 Å². The molecule has 3 rings (SSSR count). The van der Waals surface area contributed by atoms with Crippen LogP contribution in [0.25, 0.3) is 11.2 Å². The van der Waals surface area contributed by atoms with E-state index in [0.717, 1.165) is 0 Å². The maximum Gasteiger partial charge on any atom is 0.199 e. The summed E-state index contributed by atoms with van der Waals surface area (Å²) in [7, 11) is 0. The van der Waals surface area contributed by atoms with Crippen LogP contribution < -0.4 is 5.73 Å². The molecule has 0 spiro atoms. The molecule has 9 heteroatoms. The number of fused-ring (bicyclic) bond motifs is 1. The quantitative estimate of drug-likeness (QED) is 0.625. The zero-order valence-corrected chi connectivity index (χ0v) is 9.77. The number of hydrogen-bond acceptors (Lipinski definition) is 7. The Balaban J connectivity index is 2.20. The van der Waals surface area contributed by atoms with Gasteiger partial charge in [-0.1, -0.05) is 0 Å². The number of nitrogen functional groups attached to an aromatic ring is 1. The second-order valence-corrected chi connectivity index (χ2v) is 4.32. The van der Waals surface area contributed by atoms with Gasteiger partial charge < -0.3 is 20.7 Å². The highest BCUT2D eigenvalue weighted by atomic mass is 19.1. The fraction of sp³-hybridized carbons (Fsp3) is 0.500. The largest absolute Gasteiger partial charge is 0.391 e. The molecule has 0 aromatic carbocycles. The first-order valence-corrected chi connectivity index (χ1v) is 5.61. The second kappa shape index (κ2) is 4.08. The van der Waals surface area contributed by atoms with Gasteiger partial charge in [0, 0.05) is 0 Å². The smallest absolute Gasteiger partial charge is 0.199 e. The number of halogens is 1. The lowest BCUT2D eigenvalue weighted by atomic mass is 10.1. The number of aliphatic hydroxyl groups is 2. The lowest BCUT2D eigenvalue weighted by Gasteiger charge is -2.30. The molecular weight excluding hydrogens is 257 g/mol. The fourth-order valence-corrected chi connectivity index (χ4v) is 2.24. The van der Waals surface area contributed by atoms with Gasteiger partial charge in [0.25, 0.3) is 0 Å². The van der Waals surface area contributed by atoms with Crippen molar-refractivity contribution in [3.05, 3.63) is 12.7 Å². The van der Waals surface area contributed by atoms with Crippen molar-refractivity contribution in [3.8, 4) is 0 Å². The van der Waals surface area contributed by atoms with Gasteiger partial charge in [0.05, 0.1) is 19.5 Å². The van der Waals surface area contributed by atoms with Crippen molar-refractivity contribution in [2.24, 2.45) is 0 Å². The van der Waals surface area contributed by atoms with Crippen molar-refractivity contribution in [1.29, 1.82) is 0 Å². The van der Waals surface area contributed by atoms with E-state index in [-0.39, 0.29) is 18.1 Å². The molecule has 1 aliphatic heterocycles. The number of nitrogens with zero attached hydrogens (tertiary/aromatic N) is 4. The molecule has 4 N–H and O–H groups in total. The minimum atomic E-state index is -1.64. The Morgan fingerprint density at radius 2 is 2.32 bits per heavy atom. The lowest BCUT2D eigenvalue weighted by Crippen LogP contribution is -2.47. The van der Waals surface area contributed by atoms with Crippen molar-refractivity contribution in [2.45, 2.75) is 18.0 Å². The minimum absolute atomic E-state index is 0.154. The maximum atomic E-state index is 13.5. The normalized spacial score (nSPS) is 31.1. The summed E-state index contributed by atoms with van der Waals surface area (Å²) in [6, 6.07) is 0. The molecule has 1 aliphatic rings. The molecule has 102 valence electrons. The summed E-state index contributed by atoms with van der Waals surface area (Å²) in [5.74, 6) is 0.154. The van der Waals surface area contributed by atoms with E-state index < -0.39 is 24.6 Å². The highest BCUT2D eigenvalue weighted by Gasteiger charge is 2.52. The topological polar surface area (TPSA) is 119 Å². The Morgan fingerprint density at radius 3 is 2.95 bits per heavy atom. The van der Waals surface area contributed by atoms with Gasteiger partial charge in [-0.05, 0) is 0 Å². The molecule has 2 aromatic heterocycles. The molecule has 2 aromatic rings. The third-order valence-electron chi connectivity index (χ3n) is 3.29. The van der Waals surface area contributed by atoms with Crippen molar-refractivity contribution in [3.63, 3.8) is 0 Å². The molecule has 0 saturated carbocycles. The van der Waals surface area contributed by atoms with Gasteiger partial charge >= 0.3 is 0 Å². The number of rotatable bonds is 2. The van der Waals surface area contributed by atoms with E-state index in [1.54, 1.807) is 0 Å². The van der Waals surface area contributed by atoms with Crippen LogP contribution in [0, 0.1) is 0 Å². The van der Waals surface area contributed by atoms with Gasteiger partial charge in [0.2, 0.25) is 0 Å². The number of hydrogen-bond donors (Lipinski definition) is 3. The summed E-state index contributed by atoms with van der Waals surface area (Å²) < 4.78 is 20.0. The average molecular weight is 269 g/mol. The monoisotopic (exact) mass is 269 g/mol. The lowest BCUT2D eigenvalue weighted by molar-refractivity contribution is -0.148. The van der Waals surface area contributed by atoms with Crippen molar-refractivity contribution < 1.29 is 19.3 Å². The van der Waals surface area contributed by atoms with E-state index in [4.69, 9.17) is 10.5 Å². The third-order valence-corrected chi connectivity index (χ3v) is 3.29. The Morgan fingerprint density at radius 1 is 1.53 bits per heavy atom. The van der Waals surface area contributed by atoms with Gasteiger partial charge in [-0.25, -0.2) is 19.3 Å². The standard InChI is InChI=1S/C10H12FN5O3/c11-5-1-19-10(2-17,7(5)18)16-4-15-6-8(12)13-3-14-9(6)16/h3-5,7,17-18H,1-2H2,(H2,12,13,14)/t5-,7+,10?/m1/s1. The van der Waals surface area contributed by atoms with Gasteiger partial charge in [0.15, 0.2) is 23.4 Å². The Hall–Kier alpha value is -1.84. The predicted molar refractivity (Wildman–Crippen MR) is 61.7 cm³/mol. The summed E-state index contributed by atoms with van der Waals surface area (Å²) in [5, 5.41) is 19.5. The first-order chi connectivity index (χ1) is 9.10. The van der Waals surface area contributed by atoms with E-state index >= 15 is 0 Å². The minimum Gasteiger partial charge on any atom is -0.391 e. The molecule has 1 fully saturated rings. The summed E-state index contributed by atoms with van der Waals surface area (Å²) >= 11 is 0. The number of ether oxygens (including phenoxy) is 1. The van der Waals surface area contributed by atoms with Gasteiger partial charge in [-0.3, -0.25) is 4.57 Å². The molecule has 0 radical (unpaired) electrons. The van der Waals surface area contributed by atoms with Crippen molar-refractivity contribution in [1.82, 2.24) is 19.5 Å². The van der Waals surface area contributed by atoms with Crippen LogP contribution in [0.15, 0.2) is 12.7 Å². The zero-order chi connectivity index (χ0) is 13.6. The van der Waals surface area contributed by atoms with Crippen molar-refractivity contribution in [2.75, 3.05) is 18.9 Å². The zero-order valence-electron chi connectivity index (χ0n) is 9.77. The Labute approximate surface area is 106 Å². The van der Waals surface area contributed by atoms with E-state index in [1.165, 1.54) is 17.2 Å². The van der Waals surface area contributed by atoms with E-state index in [2.05, 4.69) is 15.0 Å². The molecule has 0 aliphatic carbocycles. The number of nitrogens with two attached hydrogens (primary N) is 1. The number of imidazole rings is 1. The number of alkyl halides is 1. The van der Waals surface area contributed by atoms with Crippen LogP contribution in [-0.2, 0) is 10.5 Å². The molecule has 8 nitrogen and oxygen atoms in total. The van der Waals surface area contributed by atoms with Crippen LogP contribution in [-0.4, -0.2) is 55.2 Å². The molecular formula is C10H12FN5O3. The molecule has 3 atom stereocenters. The van der Waals surface area contributed by atoms with Crippen LogP contribution >= 0.6 is 0 Å². The van der Waals surface area contributed by atoms with E-state index in [1.807, 2.05) is 0 Å². The van der Waals surface area contributed by atoms with Gasteiger partial charge in [-0.2, -0.15) is 0 Å². The summed E-state index contributed by atoms with van der Waals surface area (Å²) in [5.41, 5.74) is 4.56. The van der Waals surface area contributed by atoms with Crippen LogP contribution in [0.4, 0.5) is 10.2 Å². The third kappa shape index (κ3) is 1.52. The van der Waals surface area contributed by atoms with E-state index in [9.17, 15) is 14.6 Å². The highest BCUT2D eigenvalue weighted by molar-refractivity contribution is 5.81. The maximum absolute atomic E-state index is 13.5. The molecule has 0 amide bonds. The van der Waals surface area contributed by atoms with Gasteiger partial charge in [-0.15, -0.1) is 0 Å². The fourth-order valence-electron chi connectivity index (χ4n) is 2.24. The number of anilines is 1. The predicted octanol–water partition coefficient (Wildman–Crippen LogP) is -1.22.